The van der Waals surface area contributed by atoms with Gasteiger partial charge in [-0.05, 0) is 61.5 Å². The van der Waals surface area contributed by atoms with Gasteiger partial charge in [0.2, 0.25) is 0 Å². The number of fused-ring (bicyclic) bond motifs is 1. The van der Waals surface area contributed by atoms with Crippen LogP contribution in [0.15, 0.2) is 41.5 Å². The van der Waals surface area contributed by atoms with Crippen LogP contribution < -0.4 is 21.6 Å². The van der Waals surface area contributed by atoms with E-state index in [0.29, 0.717) is 5.84 Å². The standard InChI is InChI=1S/C17H25N5O/c1-12(18)21-22(19)17(8-9-20-2)15-5-4-14-11-16(23-3)7-6-13(14)10-15/h4-7,10-11,17,20H,8-9,19H2,1-3H3,(H2,18,21). The summed E-state index contributed by atoms with van der Waals surface area (Å²) < 4.78 is 5.27. The van der Waals surface area contributed by atoms with Gasteiger partial charge in [0.05, 0.1) is 13.2 Å². The highest BCUT2D eigenvalue weighted by molar-refractivity contribution is 5.84. The Bertz CT molecular complexity index is 682. The maximum Gasteiger partial charge on any atom is 0.119 e. The van der Waals surface area contributed by atoms with Crippen LogP contribution in [0, 0.1) is 0 Å². The molecule has 2 rings (SSSR count). The molecule has 2 aromatic rings. The smallest absolute Gasteiger partial charge is 0.119 e. The van der Waals surface area contributed by atoms with E-state index >= 15 is 0 Å². The van der Waals surface area contributed by atoms with Gasteiger partial charge >= 0.3 is 0 Å². The van der Waals surface area contributed by atoms with Gasteiger partial charge in [-0.1, -0.05) is 18.2 Å². The topological polar surface area (TPSA) is 88.9 Å². The molecule has 6 nitrogen and oxygen atoms in total. The molecule has 0 heterocycles. The molecule has 2 aromatic carbocycles. The monoisotopic (exact) mass is 315 g/mol. The van der Waals surface area contributed by atoms with Crippen molar-refractivity contribution in [2.24, 2.45) is 16.7 Å². The van der Waals surface area contributed by atoms with Gasteiger partial charge in [-0.15, -0.1) is 5.10 Å². The molecule has 0 saturated heterocycles. The van der Waals surface area contributed by atoms with Crippen molar-refractivity contribution in [1.29, 1.82) is 0 Å². The molecule has 0 amide bonds. The number of benzene rings is 2. The van der Waals surface area contributed by atoms with Crippen molar-refractivity contribution < 1.29 is 4.74 Å². The molecule has 6 heteroatoms. The molecule has 0 aliphatic carbocycles. The quantitative estimate of drug-likeness (QED) is 0.315. The third-order valence-corrected chi connectivity index (χ3v) is 3.72. The van der Waals surface area contributed by atoms with Crippen LogP contribution in [0.3, 0.4) is 0 Å². The summed E-state index contributed by atoms with van der Waals surface area (Å²) >= 11 is 0. The second-order valence-corrected chi connectivity index (χ2v) is 5.50. The SMILES string of the molecule is CNCCC(c1ccc2cc(OC)ccc2c1)N(N)/N=C(/C)N. The molecule has 5 N–H and O–H groups in total. The first-order valence-electron chi connectivity index (χ1n) is 7.62. The lowest BCUT2D eigenvalue weighted by Crippen LogP contribution is -2.34. The largest absolute Gasteiger partial charge is 0.497 e. The Balaban J connectivity index is 2.37. The Hall–Kier alpha value is -2.31. The van der Waals surface area contributed by atoms with Crippen LogP contribution in [0.1, 0.15) is 24.9 Å². The van der Waals surface area contributed by atoms with E-state index in [1.165, 1.54) is 5.12 Å². The number of rotatable bonds is 7. The molecule has 0 aliphatic heterocycles. The highest BCUT2D eigenvalue weighted by atomic mass is 16.5. The average Bonchev–Trinajstić information content (AvgIpc) is 2.54. The van der Waals surface area contributed by atoms with E-state index in [1.807, 2.05) is 25.2 Å². The summed E-state index contributed by atoms with van der Waals surface area (Å²) in [6.45, 7) is 2.56. The van der Waals surface area contributed by atoms with Crippen molar-refractivity contribution in [2.45, 2.75) is 19.4 Å². The van der Waals surface area contributed by atoms with Crippen molar-refractivity contribution in [2.75, 3.05) is 20.7 Å². The zero-order chi connectivity index (χ0) is 16.8. The van der Waals surface area contributed by atoms with Crippen molar-refractivity contribution in [3.8, 4) is 5.75 Å². The van der Waals surface area contributed by atoms with Gasteiger partial charge in [0.1, 0.15) is 11.6 Å². The molecule has 1 unspecified atom stereocenters. The number of hydrogen-bond donors (Lipinski definition) is 3. The Kier molecular flexibility index (Phi) is 5.78. The van der Waals surface area contributed by atoms with E-state index in [4.69, 9.17) is 16.3 Å². The fourth-order valence-electron chi connectivity index (χ4n) is 2.56. The predicted molar refractivity (Wildman–Crippen MR) is 95.1 cm³/mol. The number of hydrazine groups is 1. The first-order valence-corrected chi connectivity index (χ1v) is 7.62. The van der Waals surface area contributed by atoms with Crippen LogP contribution >= 0.6 is 0 Å². The Morgan fingerprint density at radius 2 is 1.96 bits per heavy atom. The zero-order valence-corrected chi connectivity index (χ0v) is 13.9. The van der Waals surface area contributed by atoms with E-state index in [-0.39, 0.29) is 6.04 Å². The van der Waals surface area contributed by atoms with E-state index in [1.54, 1.807) is 14.0 Å². The highest BCUT2D eigenvalue weighted by Crippen LogP contribution is 2.27. The Labute approximate surface area is 137 Å². The van der Waals surface area contributed by atoms with Gasteiger partial charge in [-0.3, -0.25) is 0 Å². The summed E-state index contributed by atoms with van der Waals surface area (Å²) in [4.78, 5) is 0. The van der Waals surface area contributed by atoms with Gasteiger partial charge in [0.25, 0.3) is 0 Å². The number of ether oxygens (including phenoxy) is 1. The number of nitrogens with two attached hydrogens (primary N) is 2. The van der Waals surface area contributed by atoms with Gasteiger partial charge < -0.3 is 15.8 Å². The van der Waals surface area contributed by atoms with Gasteiger partial charge in [-0.2, -0.15) is 0 Å². The lowest BCUT2D eigenvalue weighted by molar-refractivity contribution is 0.200. The third-order valence-electron chi connectivity index (χ3n) is 3.72. The van der Waals surface area contributed by atoms with Crippen molar-refractivity contribution in [3.05, 3.63) is 42.0 Å². The summed E-state index contributed by atoms with van der Waals surface area (Å²) in [6, 6.07) is 12.3. The average molecular weight is 315 g/mol. The van der Waals surface area contributed by atoms with Crippen molar-refractivity contribution in [3.63, 3.8) is 0 Å². The number of nitrogens with zero attached hydrogens (tertiary/aromatic N) is 2. The normalized spacial score (nSPS) is 13.1. The number of hydrazone groups is 1. The minimum Gasteiger partial charge on any atom is -0.497 e. The van der Waals surface area contributed by atoms with E-state index in [9.17, 15) is 0 Å². The van der Waals surface area contributed by atoms with Crippen molar-refractivity contribution >= 4 is 16.6 Å². The van der Waals surface area contributed by atoms with E-state index < -0.39 is 0 Å². The van der Waals surface area contributed by atoms with Crippen molar-refractivity contribution in [1.82, 2.24) is 10.4 Å². The second-order valence-electron chi connectivity index (χ2n) is 5.50. The van der Waals surface area contributed by atoms with Gasteiger partial charge in [-0.25, -0.2) is 11.0 Å². The Morgan fingerprint density at radius 1 is 1.26 bits per heavy atom. The first kappa shape index (κ1) is 17.1. The molecule has 0 saturated carbocycles. The van der Waals surface area contributed by atoms with Crippen LogP contribution in [0.5, 0.6) is 5.75 Å². The van der Waals surface area contributed by atoms with Crippen LogP contribution in [0.25, 0.3) is 10.8 Å². The maximum atomic E-state index is 6.10. The maximum absolute atomic E-state index is 6.10. The van der Waals surface area contributed by atoms with E-state index in [0.717, 1.165) is 35.1 Å². The summed E-state index contributed by atoms with van der Waals surface area (Å²) in [5.41, 5.74) is 6.76. The number of hydrogen-bond acceptors (Lipinski definition) is 5. The van der Waals surface area contributed by atoms with E-state index in [2.05, 4.69) is 28.6 Å². The molecule has 0 spiro atoms. The molecule has 23 heavy (non-hydrogen) atoms. The second kappa shape index (κ2) is 7.80. The fourth-order valence-corrected chi connectivity index (χ4v) is 2.56. The lowest BCUT2D eigenvalue weighted by Gasteiger charge is -2.26. The van der Waals surface area contributed by atoms with Crippen LogP contribution in [-0.2, 0) is 0 Å². The number of methoxy groups -OCH3 is 1. The molecule has 0 fully saturated rings. The minimum atomic E-state index is -0.0487. The predicted octanol–water partition coefficient (Wildman–Crippen LogP) is 1.97. The molecular weight excluding hydrogens is 290 g/mol. The van der Waals surface area contributed by atoms with Crippen LogP contribution in [0.4, 0.5) is 0 Å². The summed E-state index contributed by atoms with van der Waals surface area (Å²) in [6.07, 6.45) is 0.825. The summed E-state index contributed by atoms with van der Waals surface area (Å²) in [7, 11) is 3.59. The first-order chi connectivity index (χ1) is 11.0. The summed E-state index contributed by atoms with van der Waals surface area (Å²) in [5, 5.41) is 11.0. The van der Waals surface area contributed by atoms with Gasteiger partial charge in [0, 0.05) is 0 Å². The molecule has 0 aliphatic rings. The number of nitrogens with one attached hydrogen (secondary N) is 1. The lowest BCUT2D eigenvalue weighted by atomic mass is 9.99. The fraction of sp³-hybridized carbons (Fsp3) is 0.353. The van der Waals surface area contributed by atoms with Gasteiger partial charge in [0.15, 0.2) is 0 Å². The number of amidine groups is 1. The zero-order valence-electron chi connectivity index (χ0n) is 13.9. The third kappa shape index (κ3) is 4.34. The molecular formula is C17H25N5O. The van der Waals surface area contributed by atoms with Crippen LogP contribution in [-0.4, -0.2) is 31.7 Å². The molecule has 0 radical (unpaired) electrons. The Morgan fingerprint density at radius 3 is 2.61 bits per heavy atom. The minimum absolute atomic E-state index is 0.0487. The molecule has 124 valence electrons. The summed E-state index contributed by atoms with van der Waals surface area (Å²) in [5.74, 6) is 7.38. The molecule has 0 aromatic heterocycles. The molecule has 0 bridgehead atoms. The highest BCUT2D eigenvalue weighted by Gasteiger charge is 2.17. The molecule has 1 atom stereocenters. The van der Waals surface area contributed by atoms with Crippen LogP contribution in [0.2, 0.25) is 0 Å².